The standard InChI is InChI=1S/C16H15F3O/c17-16(18,19)15-4-2-1-3-14(15)11-13-7-5-12(6-8-13)9-10-20/h1-8,20H,9-11H2. The molecule has 2 aromatic carbocycles. The molecule has 0 spiro atoms. The molecular weight excluding hydrogens is 265 g/mol. The third-order valence-electron chi connectivity index (χ3n) is 3.14. The van der Waals surface area contributed by atoms with Gasteiger partial charge in [0.25, 0.3) is 0 Å². The van der Waals surface area contributed by atoms with Gasteiger partial charge in [0.1, 0.15) is 0 Å². The van der Waals surface area contributed by atoms with E-state index in [1.54, 1.807) is 18.2 Å². The molecule has 1 nitrogen and oxygen atoms in total. The molecule has 0 amide bonds. The molecule has 2 aromatic rings. The average molecular weight is 280 g/mol. The maximum Gasteiger partial charge on any atom is 0.416 e. The van der Waals surface area contributed by atoms with E-state index in [1.165, 1.54) is 12.1 Å². The van der Waals surface area contributed by atoms with E-state index in [2.05, 4.69) is 0 Å². The third-order valence-corrected chi connectivity index (χ3v) is 3.14. The maximum absolute atomic E-state index is 12.9. The predicted molar refractivity (Wildman–Crippen MR) is 71.5 cm³/mol. The summed E-state index contributed by atoms with van der Waals surface area (Å²) in [7, 11) is 0. The number of hydrogen-bond donors (Lipinski definition) is 1. The van der Waals surface area contributed by atoms with Gasteiger partial charge in [-0.25, -0.2) is 0 Å². The van der Waals surface area contributed by atoms with Gasteiger partial charge in [-0.2, -0.15) is 13.2 Å². The molecule has 0 aliphatic carbocycles. The van der Waals surface area contributed by atoms with Crippen LogP contribution in [0.1, 0.15) is 22.3 Å². The maximum atomic E-state index is 12.9. The van der Waals surface area contributed by atoms with Gasteiger partial charge >= 0.3 is 6.18 Å². The normalized spacial score (nSPS) is 11.6. The molecule has 0 bridgehead atoms. The zero-order chi connectivity index (χ0) is 14.6. The highest BCUT2D eigenvalue weighted by Crippen LogP contribution is 2.32. The van der Waals surface area contributed by atoms with Crippen LogP contribution in [0.15, 0.2) is 48.5 Å². The Morgan fingerprint density at radius 1 is 0.850 bits per heavy atom. The van der Waals surface area contributed by atoms with Crippen molar-refractivity contribution in [2.75, 3.05) is 6.61 Å². The molecule has 0 unspecified atom stereocenters. The van der Waals surface area contributed by atoms with Crippen LogP contribution in [0, 0.1) is 0 Å². The Morgan fingerprint density at radius 2 is 1.45 bits per heavy atom. The molecule has 0 radical (unpaired) electrons. The van der Waals surface area contributed by atoms with Gasteiger partial charge in [0.15, 0.2) is 0 Å². The van der Waals surface area contributed by atoms with Crippen molar-refractivity contribution in [3.8, 4) is 0 Å². The Morgan fingerprint density at radius 3 is 2.05 bits per heavy atom. The molecule has 0 atom stereocenters. The van der Waals surface area contributed by atoms with Crippen molar-refractivity contribution in [3.05, 3.63) is 70.8 Å². The summed E-state index contributed by atoms with van der Waals surface area (Å²) in [5, 5.41) is 8.83. The fourth-order valence-corrected chi connectivity index (χ4v) is 2.12. The largest absolute Gasteiger partial charge is 0.416 e. The highest BCUT2D eigenvalue weighted by atomic mass is 19.4. The lowest BCUT2D eigenvalue weighted by atomic mass is 9.98. The molecule has 1 N–H and O–H groups in total. The van der Waals surface area contributed by atoms with E-state index in [0.29, 0.717) is 6.42 Å². The Kier molecular flexibility index (Phi) is 4.45. The number of alkyl halides is 3. The van der Waals surface area contributed by atoms with Crippen LogP contribution in [0.5, 0.6) is 0 Å². The molecule has 0 heterocycles. The van der Waals surface area contributed by atoms with Gasteiger partial charge in [0.05, 0.1) is 5.56 Å². The van der Waals surface area contributed by atoms with E-state index in [0.717, 1.165) is 17.2 Å². The molecule has 0 fully saturated rings. The highest BCUT2D eigenvalue weighted by molar-refractivity contribution is 5.35. The van der Waals surface area contributed by atoms with Gasteiger partial charge in [-0.3, -0.25) is 0 Å². The molecule has 0 saturated heterocycles. The van der Waals surface area contributed by atoms with Crippen molar-refractivity contribution < 1.29 is 18.3 Å². The van der Waals surface area contributed by atoms with Crippen LogP contribution < -0.4 is 0 Å². The second-order valence-corrected chi connectivity index (χ2v) is 4.62. The minimum atomic E-state index is -4.33. The molecule has 0 aliphatic heterocycles. The van der Waals surface area contributed by atoms with Gasteiger partial charge in [-0.05, 0) is 35.6 Å². The molecule has 0 saturated carbocycles. The van der Waals surface area contributed by atoms with Gasteiger partial charge < -0.3 is 5.11 Å². The fourth-order valence-electron chi connectivity index (χ4n) is 2.12. The lowest BCUT2D eigenvalue weighted by molar-refractivity contribution is -0.138. The number of aliphatic hydroxyl groups excluding tert-OH is 1. The number of hydrogen-bond acceptors (Lipinski definition) is 1. The number of rotatable bonds is 4. The highest BCUT2D eigenvalue weighted by Gasteiger charge is 2.32. The van der Waals surface area contributed by atoms with E-state index in [4.69, 9.17) is 5.11 Å². The van der Waals surface area contributed by atoms with E-state index >= 15 is 0 Å². The van der Waals surface area contributed by atoms with Gasteiger partial charge in [0, 0.05) is 6.61 Å². The first-order chi connectivity index (χ1) is 9.50. The summed E-state index contributed by atoms with van der Waals surface area (Å²) < 4.78 is 38.7. The molecule has 0 aliphatic rings. The summed E-state index contributed by atoms with van der Waals surface area (Å²) in [5.41, 5.74) is 1.48. The monoisotopic (exact) mass is 280 g/mol. The van der Waals surface area contributed by atoms with Crippen LogP contribution in [-0.4, -0.2) is 11.7 Å². The number of benzene rings is 2. The summed E-state index contributed by atoms with van der Waals surface area (Å²) in [4.78, 5) is 0. The summed E-state index contributed by atoms with van der Waals surface area (Å²) in [6.07, 6.45) is -3.53. The van der Waals surface area contributed by atoms with Crippen LogP contribution in [0.2, 0.25) is 0 Å². The second kappa shape index (κ2) is 6.09. The van der Waals surface area contributed by atoms with E-state index in [-0.39, 0.29) is 18.6 Å². The van der Waals surface area contributed by atoms with Crippen molar-refractivity contribution >= 4 is 0 Å². The van der Waals surface area contributed by atoms with E-state index in [1.807, 2.05) is 12.1 Å². The van der Waals surface area contributed by atoms with Crippen molar-refractivity contribution in [1.82, 2.24) is 0 Å². The molecule has 4 heteroatoms. The van der Waals surface area contributed by atoms with Crippen LogP contribution >= 0.6 is 0 Å². The fraction of sp³-hybridized carbons (Fsp3) is 0.250. The quantitative estimate of drug-likeness (QED) is 0.902. The van der Waals surface area contributed by atoms with E-state index < -0.39 is 11.7 Å². The zero-order valence-electron chi connectivity index (χ0n) is 10.8. The SMILES string of the molecule is OCCc1ccc(Cc2ccccc2C(F)(F)F)cc1. The van der Waals surface area contributed by atoms with Crippen molar-refractivity contribution in [2.45, 2.75) is 19.0 Å². The number of halogens is 3. The predicted octanol–water partition coefficient (Wildman–Crippen LogP) is 3.83. The van der Waals surface area contributed by atoms with E-state index in [9.17, 15) is 13.2 Å². The molecule has 106 valence electrons. The lowest BCUT2D eigenvalue weighted by Crippen LogP contribution is -2.09. The molecule has 0 aromatic heterocycles. The summed E-state index contributed by atoms with van der Waals surface area (Å²) >= 11 is 0. The van der Waals surface area contributed by atoms with Crippen LogP contribution in [0.25, 0.3) is 0 Å². The van der Waals surface area contributed by atoms with Gasteiger partial charge in [-0.15, -0.1) is 0 Å². The third kappa shape index (κ3) is 3.61. The Hall–Kier alpha value is -1.81. The zero-order valence-corrected chi connectivity index (χ0v) is 10.8. The molecule has 2 rings (SSSR count). The smallest absolute Gasteiger partial charge is 0.396 e. The van der Waals surface area contributed by atoms with Gasteiger partial charge in [-0.1, -0.05) is 42.5 Å². The first kappa shape index (κ1) is 14.6. The summed E-state index contributed by atoms with van der Waals surface area (Å²) in [5.74, 6) is 0. The second-order valence-electron chi connectivity index (χ2n) is 4.62. The van der Waals surface area contributed by atoms with Gasteiger partial charge in [0.2, 0.25) is 0 Å². The Bertz CT molecular complexity index is 559. The first-order valence-electron chi connectivity index (χ1n) is 6.34. The van der Waals surface area contributed by atoms with Crippen LogP contribution in [0.3, 0.4) is 0 Å². The van der Waals surface area contributed by atoms with Crippen molar-refractivity contribution in [1.29, 1.82) is 0 Å². The average Bonchev–Trinajstić information content (AvgIpc) is 2.41. The number of aliphatic hydroxyl groups is 1. The Labute approximate surface area is 115 Å². The van der Waals surface area contributed by atoms with Crippen LogP contribution in [-0.2, 0) is 19.0 Å². The minimum Gasteiger partial charge on any atom is -0.396 e. The summed E-state index contributed by atoms with van der Waals surface area (Å²) in [6, 6.07) is 12.9. The minimum absolute atomic E-state index is 0.0657. The molecule has 20 heavy (non-hydrogen) atoms. The Balaban J connectivity index is 2.22. The lowest BCUT2D eigenvalue weighted by Gasteiger charge is -2.12. The van der Waals surface area contributed by atoms with Crippen LogP contribution in [0.4, 0.5) is 13.2 Å². The molecular formula is C16H15F3O. The van der Waals surface area contributed by atoms with Crippen molar-refractivity contribution in [3.63, 3.8) is 0 Å². The van der Waals surface area contributed by atoms with Crippen molar-refractivity contribution in [2.24, 2.45) is 0 Å². The summed E-state index contributed by atoms with van der Waals surface area (Å²) in [6.45, 7) is 0.0657. The topological polar surface area (TPSA) is 20.2 Å². The first-order valence-corrected chi connectivity index (χ1v) is 6.34.